The van der Waals surface area contributed by atoms with Crippen molar-refractivity contribution in [3.05, 3.63) is 28.8 Å². The molecule has 0 aromatic heterocycles. The summed E-state index contributed by atoms with van der Waals surface area (Å²) in [5.74, 6) is -1.69. The number of carboxylic acid groups (broad SMARTS) is 1. The van der Waals surface area contributed by atoms with E-state index < -0.39 is 17.9 Å². The molecule has 25 heavy (non-hydrogen) atoms. The van der Waals surface area contributed by atoms with Crippen molar-refractivity contribution in [2.45, 2.75) is 71.4 Å². The van der Waals surface area contributed by atoms with Gasteiger partial charge < -0.3 is 15.9 Å². The fourth-order valence-electron chi connectivity index (χ4n) is 2.52. The van der Waals surface area contributed by atoms with Gasteiger partial charge in [-0.05, 0) is 22.0 Å². The number of aliphatic carboxylic acids is 1. The van der Waals surface area contributed by atoms with Gasteiger partial charge in [0.15, 0.2) is 0 Å². The largest absolute Gasteiger partial charge is 0.507 e. The maximum Gasteiger partial charge on any atom is 0.321 e. The second-order valence-electron chi connectivity index (χ2n) is 8.47. The Morgan fingerprint density at radius 3 is 2.08 bits per heavy atom. The van der Waals surface area contributed by atoms with Crippen LogP contribution in [0.4, 0.5) is 0 Å². The number of rotatable bonds is 6. The van der Waals surface area contributed by atoms with Gasteiger partial charge in [0.05, 0.1) is 6.42 Å². The molecular formula is C19H30N2O4. The number of hydrogen-bond acceptors (Lipinski definition) is 4. The Kier molecular flexibility index (Phi) is 6.23. The number of carboxylic acids is 1. The summed E-state index contributed by atoms with van der Waals surface area (Å²) in [5, 5.41) is 22.7. The molecule has 1 unspecified atom stereocenters. The van der Waals surface area contributed by atoms with Crippen molar-refractivity contribution in [2.24, 2.45) is 5.73 Å². The van der Waals surface area contributed by atoms with Crippen LogP contribution in [0.1, 0.15) is 64.7 Å². The van der Waals surface area contributed by atoms with E-state index in [4.69, 9.17) is 5.73 Å². The summed E-state index contributed by atoms with van der Waals surface area (Å²) in [6.45, 7) is 12.4. The van der Waals surface area contributed by atoms with Gasteiger partial charge in [0.25, 0.3) is 0 Å². The molecule has 1 atom stereocenters. The minimum Gasteiger partial charge on any atom is -0.507 e. The molecule has 6 nitrogen and oxygen atoms in total. The molecule has 140 valence electrons. The summed E-state index contributed by atoms with van der Waals surface area (Å²) in [4.78, 5) is 22.3. The minimum absolute atomic E-state index is 0.123. The van der Waals surface area contributed by atoms with Crippen LogP contribution < -0.4 is 11.1 Å². The Balaban J connectivity index is 3.25. The molecule has 0 heterocycles. The molecule has 5 N–H and O–H groups in total. The van der Waals surface area contributed by atoms with Gasteiger partial charge in [-0.25, -0.2) is 0 Å². The third kappa shape index (κ3) is 5.74. The van der Waals surface area contributed by atoms with Crippen LogP contribution in [0.25, 0.3) is 0 Å². The number of benzene rings is 1. The quantitative estimate of drug-likeness (QED) is 0.629. The molecule has 1 rings (SSSR count). The van der Waals surface area contributed by atoms with Crippen LogP contribution in [-0.2, 0) is 27.0 Å². The van der Waals surface area contributed by atoms with Gasteiger partial charge in [-0.2, -0.15) is 0 Å². The van der Waals surface area contributed by atoms with Gasteiger partial charge in [0, 0.05) is 12.1 Å². The lowest BCUT2D eigenvalue weighted by Gasteiger charge is -2.28. The number of carbonyl (C=O) groups is 2. The zero-order chi connectivity index (χ0) is 19.6. The lowest BCUT2D eigenvalue weighted by molar-refractivity contribution is -0.141. The van der Waals surface area contributed by atoms with Gasteiger partial charge in [-0.1, -0.05) is 53.7 Å². The average Bonchev–Trinajstić information content (AvgIpc) is 2.41. The highest BCUT2D eigenvalue weighted by Gasteiger charge is 2.26. The number of aromatic hydroxyl groups is 1. The van der Waals surface area contributed by atoms with Crippen molar-refractivity contribution in [3.8, 4) is 5.75 Å². The number of hydrogen-bond donors (Lipinski definition) is 4. The first-order valence-corrected chi connectivity index (χ1v) is 8.35. The molecule has 0 aliphatic rings. The third-order valence-corrected chi connectivity index (χ3v) is 4.11. The molecule has 0 saturated heterocycles. The number of nitrogens with two attached hydrogens (primary N) is 1. The van der Waals surface area contributed by atoms with Gasteiger partial charge in [0.1, 0.15) is 11.8 Å². The number of nitrogens with one attached hydrogen (secondary N) is 1. The van der Waals surface area contributed by atoms with E-state index in [-0.39, 0.29) is 29.5 Å². The molecule has 6 heteroatoms. The number of phenolic OH excluding ortho intramolecular Hbond substituents is 1. The predicted molar refractivity (Wildman–Crippen MR) is 97.6 cm³/mol. The Bertz CT molecular complexity index is 655. The zero-order valence-electron chi connectivity index (χ0n) is 15.9. The average molecular weight is 350 g/mol. The van der Waals surface area contributed by atoms with E-state index >= 15 is 0 Å². The lowest BCUT2D eigenvalue weighted by atomic mass is 9.79. The van der Waals surface area contributed by atoms with E-state index in [2.05, 4.69) is 26.1 Å². The number of primary amides is 1. The second kappa shape index (κ2) is 7.44. The van der Waals surface area contributed by atoms with E-state index in [9.17, 15) is 19.8 Å². The van der Waals surface area contributed by atoms with Crippen molar-refractivity contribution in [2.75, 3.05) is 0 Å². The van der Waals surface area contributed by atoms with Crippen LogP contribution >= 0.6 is 0 Å². The molecule has 0 fully saturated rings. The highest BCUT2D eigenvalue weighted by atomic mass is 16.4. The Morgan fingerprint density at radius 2 is 1.68 bits per heavy atom. The monoisotopic (exact) mass is 350 g/mol. The summed E-state index contributed by atoms with van der Waals surface area (Å²) in [6, 6.07) is 2.78. The smallest absolute Gasteiger partial charge is 0.321 e. The second-order valence-corrected chi connectivity index (χ2v) is 8.47. The van der Waals surface area contributed by atoms with Crippen LogP contribution in [0, 0.1) is 0 Å². The van der Waals surface area contributed by atoms with Crippen LogP contribution in [0.2, 0.25) is 0 Å². The molecule has 0 aliphatic carbocycles. The van der Waals surface area contributed by atoms with Gasteiger partial charge in [-0.3, -0.25) is 14.9 Å². The summed E-state index contributed by atoms with van der Waals surface area (Å²) in [7, 11) is 0. The molecule has 1 amide bonds. The first-order chi connectivity index (χ1) is 11.2. The van der Waals surface area contributed by atoms with Gasteiger partial charge >= 0.3 is 5.97 Å². The molecule has 0 saturated carbocycles. The van der Waals surface area contributed by atoms with E-state index in [0.717, 1.165) is 11.1 Å². The molecule has 0 aliphatic heterocycles. The van der Waals surface area contributed by atoms with Crippen molar-refractivity contribution >= 4 is 11.9 Å². The number of carbonyl (C=O) groups excluding carboxylic acids is 1. The topological polar surface area (TPSA) is 113 Å². The molecule has 1 aromatic rings. The predicted octanol–water partition coefficient (Wildman–Crippen LogP) is 2.41. The lowest BCUT2D eigenvalue weighted by Crippen LogP contribution is -2.39. The van der Waals surface area contributed by atoms with Crippen molar-refractivity contribution in [1.29, 1.82) is 0 Å². The van der Waals surface area contributed by atoms with Crippen LogP contribution in [0.5, 0.6) is 5.75 Å². The molecule has 1 aromatic carbocycles. The highest BCUT2D eigenvalue weighted by Crippen LogP contribution is 2.37. The summed E-state index contributed by atoms with van der Waals surface area (Å²) in [6.07, 6.45) is -0.304. The molecule has 0 spiro atoms. The normalized spacial score (nSPS) is 13.5. The van der Waals surface area contributed by atoms with Gasteiger partial charge in [0.2, 0.25) is 5.91 Å². The fraction of sp³-hybridized carbons (Fsp3) is 0.579. The van der Waals surface area contributed by atoms with E-state index in [1.54, 1.807) is 0 Å². The van der Waals surface area contributed by atoms with Crippen molar-refractivity contribution in [3.63, 3.8) is 0 Å². The van der Waals surface area contributed by atoms with E-state index in [1.165, 1.54) is 0 Å². The maximum atomic E-state index is 11.3. The molecular weight excluding hydrogens is 320 g/mol. The number of amides is 1. The van der Waals surface area contributed by atoms with Gasteiger partial charge in [-0.15, -0.1) is 0 Å². The van der Waals surface area contributed by atoms with Crippen LogP contribution in [-0.4, -0.2) is 28.1 Å². The van der Waals surface area contributed by atoms with Crippen molar-refractivity contribution in [1.82, 2.24) is 5.32 Å². The van der Waals surface area contributed by atoms with E-state index in [1.807, 2.05) is 32.9 Å². The summed E-state index contributed by atoms with van der Waals surface area (Å²) >= 11 is 0. The Morgan fingerprint density at radius 1 is 1.12 bits per heavy atom. The van der Waals surface area contributed by atoms with Crippen molar-refractivity contribution < 1.29 is 19.8 Å². The van der Waals surface area contributed by atoms with E-state index in [0.29, 0.717) is 5.56 Å². The maximum absolute atomic E-state index is 11.3. The molecule has 0 radical (unpaired) electrons. The fourth-order valence-corrected chi connectivity index (χ4v) is 2.52. The Hall–Kier alpha value is -2.08. The summed E-state index contributed by atoms with van der Waals surface area (Å²) < 4.78 is 0. The number of phenols is 1. The summed E-state index contributed by atoms with van der Waals surface area (Å²) in [5.41, 5.74) is 7.17. The molecule has 0 bridgehead atoms. The SMILES string of the molecule is CC(C)(C)c1cc(CNC(CC(N)=O)C(=O)O)c(O)c(C(C)(C)C)c1. The Labute approximate surface area is 149 Å². The standard InChI is InChI=1S/C19H30N2O4/c1-18(2,3)12-7-11(16(23)13(8-12)19(4,5)6)10-21-14(17(24)25)9-15(20)22/h7-8,14,21,23H,9-10H2,1-6H3,(H2,20,22)(H,24,25). The zero-order valence-corrected chi connectivity index (χ0v) is 15.9. The first kappa shape index (κ1) is 21.0. The highest BCUT2D eigenvalue weighted by molar-refractivity contribution is 5.83. The van der Waals surface area contributed by atoms with Crippen LogP contribution in [0.15, 0.2) is 12.1 Å². The van der Waals surface area contributed by atoms with Crippen LogP contribution in [0.3, 0.4) is 0 Å². The first-order valence-electron chi connectivity index (χ1n) is 8.35. The minimum atomic E-state index is -1.15. The third-order valence-electron chi connectivity index (χ3n) is 4.11.